The third kappa shape index (κ3) is 4.42. The minimum atomic E-state index is 0.560. The van der Waals surface area contributed by atoms with E-state index in [1.807, 2.05) is 0 Å². The van der Waals surface area contributed by atoms with Crippen LogP contribution in [0.5, 0.6) is 0 Å². The van der Waals surface area contributed by atoms with Crippen LogP contribution in [0.15, 0.2) is 0 Å². The third-order valence-electron chi connectivity index (χ3n) is 3.95. The van der Waals surface area contributed by atoms with E-state index < -0.39 is 0 Å². The van der Waals surface area contributed by atoms with Gasteiger partial charge in [-0.1, -0.05) is 19.8 Å². The van der Waals surface area contributed by atoms with Crippen molar-refractivity contribution in [2.45, 2.75) is 70.4 Å². The van der Waals surface area contributed by atoms with Crippen molar-refractivity contribution < 1.29 is 4.74 Å². The molecule has 16 heavy (non-hydrogen) atoms. The number of hydrogen-bond acceptors (Lipinski definition) is 2. The number of unbranched alkanes of at least 4 members (excludes halogenated alkanes) is 1. The minimum Gasteiger partial charge on any atom is -0.378 e. The monoisotopic (exact) mass is 225 g/mol. The number of nitrogens with one attached hydrogen (secondary N) is 1. The fourth-order valence-electron chi connectivity index (χ4n) is 2.59. The van der Waals surface area contributed by atoms with Crippen LogP contribution in [0.4, 0.5) is 0 Å². The van der Waals surface area contributed by atoms with Crippen LogP contribution in [0.25, 0.3) is 0 Å². The van der Waals surface area contributed by atoms with Crippen LogP contribution in [0.3, 0.4) is 0 Å². The zero-order valence-corrected chi connectivity index (χ0v) is 10.7. The van der Waals surface area contributed by atoms with Crippen molar-refractivity contribution >= 4 is 0 Å². The topological polar surface area (TPSA) is 21.3 Å². The minimum absolute atomic E-state index is 0.560. The summed E-state index contributed by atoms with van der Waals surface area (Å²) in [6, 6.07) is 0.860. The zero-order chi connectivity index (χ0) is 11.2. The van der Waals surface area contributed by atoms with Gasteiger partial charge in [-0.15, -0.1) is 0 Å². The molecule has 2 saturated carbocycles. The Morgan fingerprint density at radius 3 is 2.62 bits per heavy atom. The highest BCUT2D eigenvalue weighted by molar-refractivity contribution is 4.80. The van der Waals surface area contributed by atoms with Crippen molar-refractivity contribution in [3.05, 3.63) is 0 Å². The molecule has 2 aliphatic rings. The van der Waals surface area contributed by atoms with Gasteiger partial charge in [0.1, 0.15) is 0 Å². The van der Waals surface area contributed by atoms with Crippen molar-refractivity contribution in [2.75, 3.05) is 13.2 Å². The van der Waals surface area contributed by atoms with Gasteiger partial charge in [-0.3, -0.25) is 0 Å². The molecule has 2 heteroatoms. The Labute approximate surface area is 100 Å². The van der Waals surface area contributed by atoms with E-state index in [1.165, 1.54) is 57.9 Å². The summed E-state index contributed by atoms with van der Waals surface area (Å²) in [4.78, 5) is 0. The molecule has 0 amide bonds. The molecular formula is C14H27NO. The Balaban J connectivity index is 1.43. The van der Waals surface area contributed by atoms with Crippen LogP contribution in [-0.2, 0) is 4.74 Å². The summed E-state index contributed by atoms with van der Waals surface area (Å²) in [5.41, 5.74) is 0. The standard InChI is InChI=1S/C14H27NO/c1-12-6-2-3-7-14(12)16-11-5-4-10-15-13-8-9-13/h12-15H,2-11H2,1H3. The average Bonchev–Trinajstić information content (AvgIpc) is 3.09. The van der Waals surface area contributed by atoms with E-state index in [9.17, 15) is 0 Å². The van der Waals surface area contributed by atoms with Gasteiger partial charge >= 0.3 is 0 Å². The molecule has 0 aromatic carbocycles. The summed E-state index contributed by atoms with van der Waals surface area (Å²) < 4.78 is 5.99. The summed E-state index contributed by atoms with van der Waals surface area (Å²) >= 11 is 0. The summed E-state index contributed by atoms with van der Waals surface area (Å²) in [5, 5.41) is 3.55. The molecule has 0 spiro atoms. The maximum absolute atomic E-state index is 5.99. The molecule has 0 aliphatic heterocycles. The van der Waals surface area contributed by atoms with E-state index >= 15 is 0 Å². The second-order valence-electron chi connectivity index (χ2n) is 5.61. The smallest absolute Gasteiger partial charge is 0.0600 e. The van der Waals surface area contributed by atoms with Crippen molar-refractivity contribution in [1.82, 2.24) is 5.32 Å². The van der Waals surface area contributed by atoms with Gasteiger partial charge in [0.15, 0.2) is 0 Å². The van der Waals surface area contributed by atoms with Crippen LogP contribution in [-0.4, -0.2) is 25.3 Å². The Kier molecular flexibility index (Phi) is 5.11. The first kappa shape index (κ1) is 12.4. The normalized spacial score (nSPS) is 30.6. The summed E-state index contributed by atoms with van der Waals surface area (Å²) in [6.07, 6.45) is 11.3. The van der Waals surface area contributed by atoms with Crippen LogP contribution in [0.1, 0.15) is 58.3 Å². The first-order valence-corrected chi connectivity index (χ1v) is 7.21. The zero-order valence-electron chi connectivity index (χ0n) is 10.7. The molecule has 2 atom stereocenters. The Bertz CT molecular complexity index is 191. The Morgan fingerprint density at radius 1 is 1.06 bits per heavy atom. The maximum Gasteiger partial charge on any atom is 0.0600 e. The quantitative estimate of drug-likeness (QED) is 0.672. The predicted octanol–water partition coefficient (Wildman–Crippen LogP) is 3.11. The van der Waals surface area contributed by atoms with Crippen LogP contribution in [0, 0.1) is 5.92 Å². The summed E-state index contributed by atoms with van der Waals surface area (Å²) in [7, 11) is 0. The number of hydrogen-bond donors (Lipinski definition) is 1. The highest BCUT2D eigenvalue weighted by Crippen LogP contribution is 2.26. The molecule has 0 aromatic heterocycles. The van der Waals surface area contributed by atoms with E-state index in [2.05, 4.69) is 12.2 Å². The lowest BCUT2D eigenvalue weighted by Gasteiger charge is -2.28. The van der Waals surface area contributed by atoms with Crippen LogP contribution < -0.4 is 5.32 Å². The van der Waals surface area contributed by atoms with Gasteiger partial charge < -0.3 is 10.1 Å². The maximum atomic E-state index is 5.99. The number of ether oxygens (including phenoxy) is 1. The van der Waals surface area contributed by atoms with E-state index in [1.54, 1.807) is 0 Å². The molecule has 2 nitrogen and oxygen atoms in total. The lowest BCUT2D eigenvalue weighted by atomic mass is 9.88. The van der Waals surface area contributed by atoms with Crippen molar-refractivity contribution in [3.63, 3.8) is 0 Å². The number of rotatable bonds is 7. The van der Waals surface area contributed by atoms with E-state index in [-0.39, 0.29) is 0 Å². The van der Waals surface area contributed by atoms with Gasteiger partial charge in [0.05, 0.1) is 6.10 Å². The van der Waals surface area contributed by atoms with E-state index in [4.69, 9.17) is 4.74 Å². The molecule has 2 fully saturated rings. The molecule has 0 bridgehead atoms. The largest absolute Gasteiger partial charge is 0.378 e. The van der Waals surface area contributed by atoms with Gasteiger partial charge in [0.2, 0.25) is 0 Å². The Morgan fingerprint density at radius 2 is 1.88 bits per heavy atom. The first-order valence-electron chi connectivity index (χ1n) is 7.21. The highest BCUT2D eigenvalue weighted by Gasteiger charge is 2.21. The summed E-state index contributed by atoms with van der Waals surface area (Å²) in [6.45, 7) is 4.51. The fourth-order valence-corrected chi connectivity index (χ4v) is 2.59. The Hall–Kier alpha value is -0.0800. The second kappa shape index (κ2) is 6.61. The lowest BCUT2D eigenvalue weighted by Crippen LogP contribution is -2.26. The van der Waals surface area contributed by atoms with Gasteiger partial charge in [-0.05, 0) is 51.0 Å². The molecule has 94 valence electrons. The van der Waals surface area contributed by atoms with Gasteiger partial charge in [0, 0.05) is 12.6 Å². The SMILES string of the molecule is CC1CCCCC1OCCCCNC1CC1. The predicted molar refractivity (Wildman–Crippen MR) is 67.6 cm³/mol. The van der Waals surface area contributed by atoms with Gasteiger partial charge in [-0.2, -0.15) is 0 Å². The van der Waals surface area contributed by atoms with E-state index in [0.717, 1.165) is 18.6 Å². The third-order valence-corrected chi connectivity index (χ3v) is 3.95. The molecule has 1 N–H and O–H groups in total. The molecule has 2 aliphatic carbocycles. The molecule has 0 radical (unpaired) electrons. The first-order chi connectivity index (χ1) is 7.86. The fraction of sp³-hybridized carbons (Fsp3) is 1.00. The lowest BCUT2D eigenvalue weighted by molar-refractivity contribution is -0.00637. The second-order valence-corrected chi connectivity index (χ2v) is 5.61. The van der Waals surface area contributed by atoms with Crippen LogP contribution >= 0.6 is 0 Å². The van der Waals surface area contributed by atoms with Crippen molar-refractivity contribution in [3.8, 4) is 0 Å². The van der Waals surface area contributed by atoms with Crippen molar-refractivity contribution in [1.29, 1.82) is 0 Å². The molecule has 2 rings (SSSR count). The molecule has 0 heterocycles. The molecule has 2 unspecified atom stereocenters. The average molecular weight is 225 g/mol. The highest BCUT2D eigenvalue weighted by atomic mass is 16.5. The van der Waals surface area contributed by atoms with Gasteiger partial charge in [0.25, 0.3) is 0 Å². The summed E-state index contributed by atoms with van der Waals surface area (Å²) in [5.74, 6) is 0.790. The molecule has 0 aromatic rings. The van der Waals surface area contributed by atoms with Crippen LogP contribution in [0.2, 0.25) is 0 Å². The van der Waals surface area contributed by atoms with E-state index in [0.29, 0.717) is 6.10 Å². The molecular weight excluding hydrogens is 198 g/mol. The molecule has 0 saturated heterocycles. The van der Waals surface area contributed by atoms with Crippen molar-refractivity contribution in [2.24, 2.45) is 5.92 Å². The van der Waals surface area contributed by atoms with Gasteiger partial charge in [-0.25, -0.2) is 0 Å².